The highest BCUT2D eigenvalue weighted by Crippen LogP contribution is 2.41. The number of ketones is 1. The molecule has 2 aromatic heterocycles. The summed E-state index contributed by atoms with van der Waals surface area (Å²) in [7, 11) is 2.87. The normalized spacial score (nSPS) is 13.7. The van der Waals surface area contributed by atoms with Crippen LogP contribution in [0.15, 0.2) is 59.5 Å². The van der Waals surface area contributed by atoms with Crippen LogP contribution in [0.3, 0.4) is 0 Å². The number of anilines is 2. The molecule has 9 nitrogen and oxygen atoms in total. The average molecular weight is 624 g/mol. The van der Waals surface area contributed by atoms with Crippen molar-refractivity contribution in [2.24, 2.45) is 0 Å². The Labute approximate surface area is 260 Å². The number of halogens is 2. The van der Waals surface area contributed by atoms with Gasteiger partial charge in [0.1, 0.15) is 17.0 Å². The zero-order chi connectivity index (χ0) is 30.7. The molecule has 0 saturated carbocycles. The van der Waals surface area contributed by atoms with Gasteiger partial charge in [-0.3, -0.25) is 9.59 Å². The van der Waals surface area contributed by atoms with E-state index in [0.717, 1.165) is 49.7 Å². The van der Waals surface area contributed by atoms with Crippen LogP contribution >= 0.6 is 23.2 Å². The Hall–Kier alpha value is -4.05. The fraction of sp³-hybridized carbons (Fsp3) is 0.281. The third-order valence-corrected chi connectivity index (χ3v) is 8.30. The first kappa shape index (κ1) is 30.4. The Morgan fingerprint density at radius 2 is 1.72 bits per heavy atom. The predicted molar refractivity (Wildman–Crippen MR) is 169 cm³/mol. The van der Waals surface area contributed by atoms with Gasteiger partial charge >= 0.3 is 0 Å². The van der Waals surface area contributed by atoms with E-state index >= 15 is 0 Å². The third kappa shape index (κ3) is 6.34. The summed E-state index contributed by atoms with van der Waals surface area (Å²) in [5.74, 6) is -0.309. The first-order valence-electron chi connectivity index (χ1n) is 13.8. The minimum absolute atomic E-state index is 0.0117. The number of carbonyl (C=O) groups is 2. The summed E-state index contributed by atoms with van der Waals surface area (Å²) in [5.41, 5.74) is 4.29. The molecule has 5 rings (SSSR count). The van der Waals surface area contributed by atoms with E-state index in [1.54, 1.807) is 12.1 Å². The second-order valence-corrected chi connectivity index (χ2v) is 10.8. The van der Waals surface area contributed by atoms with Crippen molar-refractivity contribution >= 4 is 57.4 Å². The van der Waals surface area contributed by atoms with Gasteiger partial charge in [-0.25, -0.2) is 4.98 Å². The van der Waals surface area contributed by atoms with Crippen molar-refractivity contribution in [3.8, 4) is 11.5 Å². The van der Waals surface area contributed by atoms with Gasteiger partial charge in [0.15, 0.2) is 11.3 Å². The van der Waals surface area contributed by atoms with E-state index in [1.165, 1.54) is 26.4 Å². The Kier molecular flexibility index (Phi) is 9.25. The molecule has 0 radical (unpaired) electrons. The van der Waals surface area contributed by atoms with Crippen LogP contribution in [-0.4, -0.2) is 68.5 Å². The lowest BCUT2D eigenvalue weighted by Crippen LogP contribution is -2.46. The van der Waals surface area contributed by atoms with Gasteiger partial charge in [-0.1, -0.05) is 42.8 Å². The minimum atomic E-state index is -0.531. The maximum Gasteiger partial charge on any atom is 0.247 e. The third-order valence-electron chi connectivity index (χ3n) is 7.55. The summed E-state index contributed by atoms with van der Waals surface area (Å²) in [4.78, 5) is 35.3. The fourth-order valence-electron chi connectivity index (χ4n) is 5.12. The van der Waals surface area contributed by atoms with Gasteiger partial charge < -0.3 is 29.0 Å². The van der Waals surface area contributed by atoms with Gasteiger partial charge in [-0.15, -0.1) is 0 Å². The van der Waals surface area contributed by atoms with Gasteiger partial charge in [0.2, 0.25) is 11.7 Å². The van der Waals surface area contributed by atoms with Crippen molar-refractivity contribution in [1.29, 1.82) is 0 Å². The van der Waals surface area contributed by atoms with Crippen LogP contribution in [0, 0.1) is 0 Å². The highest BCUT2D eigenvalue weighted by atomic mass is 35.5. The summed E-state index contributed by atoms with van der Waals surface area (Å²) in [6.45, 7) is 10.6. The van der Waals surface area contributed by atoms with Crippen molar-refractivity contribution in [2.45, 2.75) is 13.3 Å². The summed E-state index contributed by atoms with van der Waals surface area (Å²) in [6, 6.07) is 12.7. The molecule has 11 heteroatoms. The molecule has 1 saturated heterocycles. The number of methoxy groups -OCH3 is 2. The van der Waals surface area contributed by atoms with E-state index in [4.69, 9.17) is 42.1 Å². The first-order chi connectivity index (χ1) is 20.8. The number of fused-ring (bicyclic) bond motifs is 1. The molecular formula is C32H32Cl2N4O5. The van der Waals surface area contributed by atoms with Crippen LogP contribution in [0.5, 0.6) is 11.5 Å². The van der Waals surface area contributed by atoms with Gasteiger partial charge in [0.05, 0.1) is 29.8 Å². The number of aromatic nitrogens is 1. The van der Waals surface area contributed by atoms with Crippen LogP contribution in [0.4, 0.5) is 11.4 Å². The second kappa shape index (κ2) is 13.1. The molecule has 1 N–H and O–H groups in total. The Balaban J connectivity index is 1.43. The number of likely N-dealkylation sites (N-methyl/N-ethyl adjacent to an activating group) is 1. The van der Waals surface area contributed by atoms with E-state index in [-0.39, 0.29) is 38.8 Å². The highest BCUT2D eigenvalue weighted by Gasteiger charge is 2.26. The lowest BCUT2D eigenvalue weighted by Gasteiger charge is -2.35. The SMILES string of the molecule is C=CC(=O)Nc1cc(N2CCN(CC)CC2)ccc1Cc1ccc2oc(C(=O)c3c(Cl)c(OC)cc(OC)c3Cl)cc2n1. The maximum absolute atomic E-state index is 13.5. The number of hydrogen-bond acceptors (Lipinski definition) is 8. The second-order valence-electron chi connectivity index (χ2n) is 10.0. The Morgan fingerprint density at radius 3 is 2.35 bits per heavy atom. The standard InChI is InChI=1S/C32H32Cl2N4O5/c1-5-28(39)36-22-16-21(38-13-11-37(6-2)12-14-38)9-7-19(22)15-20-8-10-24-23(35-20)17-27(43-24)32(40)29-30(33)25(41-3)18-26(42-4)31(29)34/h5,7-10,16-18H,1,6,11-15H2,2-4H3,(H,36,39). The zero-order valence-corrected chi connectivity index (χ0v) is 25.7. The number of benzene rings is 2. The zero-order valence-electron chi connectivity index (χ0n) is 24.2. The quantitative estimate of drug-likeness (QED) is 0.164. The lowest BCUT2D eigenvalue weighted by atomic mass is 10.0. The van der Waals surface area contributed by atoms with Crippen LogP contribution in [0.1, 0.15) is 34.3 Å². The molecule has 224 valence electrons. The van der Waals surface area contributed by atoms with Crippen molar-refractivity contribution < 1.29 is 23.5 Å². The number of piperazine rings is 1. The number of hydrogen-bond donors (Lipinski definition) is 1. The Bertz CT molecular complexity index is 1670. The van der Waals surface area contributed by atoms with Gasteiger partial charge in [-0.2, -0.15) is 0 Å². The Morgan fingerprint density at radius 1 is 1.02 bits per heavy atom. The van der Waals surface area contributed by atoms with E-state index in [1.807, 2.05) is 18.2 Å². The summed E-state index contributed by atoms with van der Waals surface area (Å²) in [5, 5.41) is 3.06. The molecule has 0 unspecified atom stereocenters. The number of carbonyl (C=O) groups excluding carboxylic acids is 2. The van der Waals surface area contributed by atoms with E-state index in [2.05, 4.69) is 34.7 Å². The molecule has 4 aromatic rings. The monoisotopic (exact) mass is 622 g/mol. The van der Waals surface area contributed by atoms with Crippen LogP contribution in [0.25, 0.3) is 11.1 Å². The molecule has 43 heavy (non-hydrogen) atoms. The molecular weight excluding hydrogens is 591 g/mol. The smallest absolute Gasteiger partial charge is 0.247 e. The van der Waals surface area contributed by atoms with Gasteiger partial charge in [0, 0.05) is 61.8 Å². The summed E-state index contributed by atoms with van der Waals surface area (Å²) >= 11 is 12.9. The number of nitrogens with one attached hydrogen (secondary N) is 1. The molecule has 3 heterocycles. The molecule has 1 aliphatic heterocycles. The van der Waals surface area contributed by atoms with Crippen LogP contribution in [0.2, 0.25) is 10.0 Å². The topological polar surface area (TPSA) is 97.1 Å². The largest absolute Gasteiger partial charge is 0.495 e. The number of pyridine rings is 1. The van der Waals surface area contributed by atoms with E-state index in [0.29, 0.717) is 23.2 Å². The highest BCUT2D eigenvalue weighted by molar-refractivity contribution is 6.42. The molecule has 0 spiro atoms. The molecule has 2 aromatic carbocycles. The molecule has 1 aliphatic rings. The van der Waals surface area contributed by atoms with Crippen LogP contribution in [-0.2, 0) is 11.2 Å². The number of furan rings is 1. The molecule has 0 atom stereocenters. The fourth-order valence-corrected chi connectivity index (χ4v) is 5.79. The number of nitrogens with zero attached hydrogens (tertiary/aromatic N) is 3. The van der Waals surface area contributed by atoms with Crippen molar-refractivity contribution in [1.82, 2.24) is 9.88 Å². The lowest BCUT2D eigenvalue weighted by molar-refractivity contribution is -0.111. The number of amides is 1. The molecule has 0 bridgehead atoms. The number of ether oxygens (including phenoxy) is 2. The van der Waals surface area contributed by atoms with E-state index < -0.39 is 5.78 Å². The molecule has 0 aliphatic carbocycles. The first-order valence-corrected chi connectivity index (χ1v) is 14.6. The maximum atomic E-state index is 13.5. The average Bonchev–Trinajstić information content (AvgIpc) is 3.45. The molecule has 1 amide bonds. The van der Waals surface area contributed by atoms with Crippen molar-refractivity contribution in [2.75, 3.05) is 57.2 Å². The van der Waals surface area contributed by atoms with Gasteiger partial charge in [0.25, 0.3) is 0 Å². The van der Waals surface area contributed by atoms with Crippen molar-refractivity contribution in [3.63, 3.8) is 0 Å². The van der Waals surface area contributed by atoms with Gasteiger partial charge in [-0.05, 0) is 42.4 Å². The minimum Gasteiger partial charge on any atom is -0.495 e. The van der Waals surface area contributed by atoms with E-state index in [9.17, 15) is 9.59 Å². The predicted octanol–water partition coefficient (Wildman–Crippen LogP) is 6.24. The summed E-state index contributed by atoms with van der Waals surface area (Å²) in [6.07, 6.45) is 1.69. The number of rotatable bonds is 10. The summed E-state index contributed by atoms with van der Waals surface area (Å²) < 4.78 is 16.4. The van der Waals surface area contributed by atoms with Crippen LogP contribution < -0.4 is 19.7 Å². The molecule has 1 fully saturated rings. The van der Waals surface area contributed by atoms with Crippen molar-refractivity contribution in [3.05, 3.63) is 87.7 Å².